The van der Waals surface area contributed by atoms with Gasteiger partial charge in [-0.1, -0.05) is 44.5 Å². The molecule has 0 nitrogen and oxygen atoms in total. The van der Waals surface area contributed by atoms with E-state index < -0.39 is 0 Å². The molecule has 0 aromatic heterocycles. The molecule has 0 bridgehead atoms. The molecule has 0 saturated heterocycles. The summed E-state index contributed by atoms with van der Waals surface area (Å²) in [6.45, 7) is 8.00. The van der Waals surface area contributed by atoms with Crippen molar-refractivity contribution in [1.82, 2.24) is 0 Å². The Morgan fingerprint density at radius 1 is 1.40 bits per heavy atom. The highest BCUT2D eigenvalue weighted by Gasteiger charge is 1.75. The van der Waals surface area contributed by atoms with Crippen LogP contribution in [0.1, 0.15) is 34.1 Å². The summed E-state index contributed by atoms with van der Waals surface area (Å²) in [5.74, 6) is 0. The molecular formula is C9H17Cl. The zero-order valence-corrected chi connectivity index (χ0v) is 8.07. The van der Waals surface area contributed by atoms with Crippen LogP contribution < -0.4 is 0 Å². The van der Waals surface area contributed by atoms with Gasteiger partial charge in [-0.3, -0.25) is 0 Å². The van der Waals surface area contributed by atoms with Gasteiger partial charge in [0.25, 0.3) is 0 Å². The predicted octanol–water partition coefficient (Wildman–Crippen LogP) is 4.12. The van der Waals surface area contributed by atoms with E-state index in [0.29, 0.717) is 0 Å². The quantitative estimate of drug-likeness (QED) is 0.533. The molecule has 0 aliphatic carbocycles. The predicted molar refractivity (Wildman–Crippen MR) is 50.4 cm³/mol. The second kappa shape index (κ2) is 11.6. The molecule has 0 atom stereocenters. The average Bonchev–Trinajstić information content (AvgIpc) is 2.04. The Balaban J connectivity index is 0. The van der Waals surface area contributed by atoms with E-state index in [0.717, 1.165) is 11.5 Å². The van der Waals surface area contributed by atoms with Crippen molar-refractivity contribution in [2.24, 2.45) is 0 Å². The van der Waals surface area contributed by atoms with Gasteiger partial charge in [0.15, 0.2) is 0 Å². The standard InChI is InChI=1S/C7H11Cl.C2H6/c1-3-5-6-7(8)4-2;1-2/h4-6H,3H2,1-2H3;1-2H3/b6-5-,7-4+;. The molecule has 0 spiro atoms. The summed E-state index contributed by atoms with van der Waals surface area (Å²) in [5, 5.41) is 0.812. The molecule has 0 aromatic rings. The van der Waals surface area contributed by atoms with Crippen molar-refractivity contribution >= 4 is 11.6 Å². The SMILES string of the molecule is C/C=C(Cl)\C=C/CC.CC. The van der Waals surface area contributed by atoms with Crippen LogP contribution >= 0.6 is 11.6 Å². The third-order valence-corrected chi connectivity index (χ3v) is 1.13. The van der Waals surface area contributed by atoms with Crippen molar-refractivity contribution < 1.29 is 0 Å². The van der Waals surface area contributed by atoms with Crippen LogP contribution in [0, 0.1) is 0 Å². The molecule has 0 heterocycles. The third-order valence-electron chi connectivity index (χ3n) is 0.789. The van der Waals surface area contributed by atoms with Crippen LogP contribution in [-0.4, -0.2) is 0 Å². The Kier molecular flexibility index (Phi) is 14.4. The minimum atomic E-state index is 0.812. The van der Waals surface area contributed by atoms with Gasteiger partial charge in [-0.15, -0.1) is 0 Å². The minimum Gasteiger partial charge on any atom is -0.0847 e. The maximum atomic E-state index is 5.62. The molecule has 0 unspecified atom stereocenters. The van der Waals surface area contributed by atoms with E-state index in [-0.39, 0.29) is 0 Å². The fraction of sp³-hybridized carbons (Fsp3) is 0.556. The van der Waals surface area contributed by atoms with Gasteiger partial charge in [0.2, 0.25) is 0 Å². The van der Waals surface area contributed by atoms with Gasteiger partial charge in [0.1, 0.15) is 0 Å². The van der Waals surface area contributed by atoms with Gasteiger partial charge < -0.3 is 0 Å². The number of hydrogen-bond acceptors (Lipinski definition) is 0. The van der Waals surface area contributed by atoms with E-state index >= 15 is 0 Å². The molecule has 0 rings (SSSR count). The van der Waals surface area contributed by atoms with Crippen molar-refractivity contribution in [2.45, 2.75) is 34.1 Å². The topological polar surface area (TPSA) is 0 Å². The third kappa shape index (κ3) is 10.7. The van der Waals surface area contributed by atoms with E-state index in [1.165, 1.54) is 0 Å². The highest BCUT2D eigenvalue weighted by atomic mass is 35.5. The number of halogens is 1. The molecule has 0 saturated carbocycles. The average molecular weight is 161 g/mol. The summed E-state index contributed by atoms with van der Waals surface area (Å²) in [7, 11) is 0. The minimum absolute atomic E-state index is 0.812. The summed E-state index contributed by atoms with van der Waals surface area (Å²) in [6.07, 6.45) is 6.85. The highest BCUT2D eigenvalue weighted by Crippen LogP contribution is 2.01. The summed E-state index contributed by atoms with van der Waals surface area (Å²) in [6, 6.07) is 0. The molecule has 60 valence electrons. The Morgan fingerprint density at radius 2 is 1.90 bits per heavy atom. The van der Waals surface area contributed by atoms with Gasteiger partial charge in [-0.05, 0) is 19.4 Å². The van der Waals surface area contributed by atoms with Gasteiger partial charge in [-0.25, -0.2) is 0 Å². The molecular weight excluding hydrogens is 144 g/mol. The van der Waals surface area contributed by atoms with Gasteiger partial charge in [-0.2, -0.15) is 0 Å². The van der Waals surface area contributed by atoms with E-state index in [1.807, 2.05) is 39.0 Å². The van der Waals surface area contributed by atoms with E-state index in [4.69, 9.17) is 11.6 Å². The molecule has 0 aliphatic rings. The van der Waals surface area contributed by atoms with E-state index in [1.54, 1.807) is 0 Å². The van der Waals surface area contributed by atoms with Crippen LogP contribution in [0.3, 0.4) is 0 Å². The van der Waals surface area contributed by atoms with Crippen LogP contribution in [0.5, 0.6) is 0 Å². The Labute approximate surface area is 69.6 Å². The maximum absolute atomic E-state index is 5.62. The largest absolute Gasteiger partial charge is 0.0847 e. The summed E-state index contributed by atoms with van der Waals surface area (Å²) < 4.78 is 0. The molecule has 0 aliphatic heterocycles. The molecule has 0 radical (unpaired) electrons. The number of hydrogen-bond donors (Lipinski definition) is 0. The fourth-order valence-corrected chi connectivity index (χ4v) is 0.416. The second-order valence-electron chi connectivity index (χ2n) is 1.48. The Bertz CT molecular complexity index is 101. The lowest BCUT2D eigenvalue weighted by molar-refractivity contribution is 1.22. The van der Waals surface area contributed by atoms with Crippen LogP contribution in [0.4, 0.5) is 0 Å². The highest BCUT2D eigenvalue weighted by molar-refractivity contribution is 6.31. The lowest BCUT2D eigenvalue weighted by atomic mass is 10.4. The van der Waals surface area contributed by atoms with Crippen molar-refractivity contribution in [3.8, 4) is 0 Å². The second-order valence-corrected chi connectivity index (χ2v) is 1.92. The molecule has 0 fully saturated rings. The van der Waals surface area contributed by atoms with Gasteiger partial charge in [0, 0.05) is 5.03 Å². The van der Waals surface area contributed by atoms with Crippen LogP contribution in [0.2, 0.25) is 0 Å². The smallest absolute Gasteiger partial charge is 0.0360 e. The zero-order valence-electron chi connectivity index (χ0n) is 7.32. The van der Waals surface area contributed by atoms with Crippen LogP contribution in [0.15, 0.2) is 23.3 Å². The van der Waals surface area contributed by atoms with E-state index in [2.05, 4.69) is 6.92 Å². The maximum Gasteiger partial charge on any atom is 0.0360 e. The first kappa shape index (κ1) is 12.4. The first-order valence-corrected chi connectivity index (χ1v) is 4.17. The fourth-order valence-electron chi connectivity index (χ4n) is 0.327. The normalized spacial score (nSPS) is 11.1. The van der Waals surface area contributed by atoms with Gasteiger partial charge in [0.05, 0.1) is 0 Å². The summed E-state index contributed by atoms with van der Waals surface area (Å²) in [5.41, 5.74) is 0. The Morgan fingerprint density at radius 3 is 2.20 bits per heavy atom. The first-order chi connectivity index (χ1) is 4.81. The van der Waals surface area contributed by atoms with Crippen molar-refractivity contribution in [1.29, 1.82) is 0 Å². The van der Waals surface area contributed by atoms with E-state index in [9.17, 15) is 0 Å². The molecule has 0 N–H and O–H groups in total. The monoisotopic (exact) mass is 160 g/mol. The van der Waals surface area contributed by atoms with Crippen molar-refractivity contribution in [3.05, 3.63) is 23.3 Å². The van der Waals surface area contributed by atoms with Crippen molar-refractivity contribution in [2.75, 3.05) is 0 Å². The summed E-state index contributed by atoms with van der Waals surface area (Å²) in [4.78, 5) is 0. The zero-order chi connectivity index (χ0) is 8.41. The number of allylic oxidation sites excluding steroid dienone is 4. The Hall–Kier alpha value is -0.230. The molecule has 0 amide bonds. The van der Waals surface area contributed by atoms with Crippen LogP contribution in [-0.2, 0) is 0 Å². The van der Waals surface area contributed by atoms with Gasteiger partial charge >= 0.3 is 0 Å². The van der Waals surface area contributed by atoms with Crippen molar-refractivity contribution in [3.63, 3.8) is 0 Å². The number of rotatable bonds is 2. The molecule has 1 heteroatoms. The lowest BCUT2D eigenvalue weighted by Gasteiger charge is -1.81. The molecule has 10 heavy (non-hydrogen) atoms. The lowest BCUT2D eigenvalue weighted by Crippen LogP contribution is -1.58. The molecule has 0 aromatic carbocycles. The van der Waals surface area contributed by atoms with Crippen LogP contribution in [0.25, 0.3) is 0 Å². The summed E-state index contributed by atoms with van der Waals surface area (Å²) >= 11 is 5.62. The first-order valence-electron chi connectivity index (χ1n) is 3.79.